The molecule has 0 aromatic carbocycles. The molecule has 0 saturated carbocycles. The van der Waals surface area contributed by atoms with Gasteiger partial charge in [-0.1, -0.05) is 13.0 Å². The number of aromatic nitrogens is 2. The number of hydrogen-bond donors (Lipinski definition) is 1. The van der Waals surface area contributed by atoms with Crippen LogP contribution < -0.4 is 5.73 Å². The molecule has 1 unspecified atom stereocenters. The van der Waals surface area contributed by atoms with Crippen molar-refractivity contribution in [2.45, 2.75) is 19.4 Å². The minimum atomic E-state index is 0.331. The van der Waals surface area contributed by atoms with Crippen molar-refractivity contribution in [3.63, 3.8) is 0 Å². The highest BCUT2D eigenvalue weighted by molar-refractivity contribution is 7.10. The molecule has 1 atom stereocenters. The fourth-order valence-corrected chi connectivity index (χ4v) is 2.51. The third-order valence-corrected chi connectivity index (χ3v) is 3.27. The van der Waals surface area contributed by atoms with Crippen molar-refractivity contribution < 1.29 is 0 Å². The molecule has 4 heteroatoms. The molecule has 3 nitrogen and oxygen atoms in total. The molecule has 14 heavy (non-hydrogen) atoms. The van der Waals surface area contributed by atoms with Gasteiger partial charge in [-0.3, -0.25) is 0 Å². The van der Waals surface area contributed by atoms with E-state index in [9.17, 15) is 0 Å². The van der Waals surface area contributed by atoms with E-state index in [1.165, 1.54) is 4.88 Å². The second-order valence-electron chi connectivity index (χ2n) is 3.13. The lowest BCUT2D eigenvalue weighted by Gasteiger charge is -2.15. The molecule has 2 N–H and O–H groups in total. The number of imidazole rings is 1. The first-order valence-corrected chi connectivity index (χ1v) is 5.52. The highest BCUT2D eigenvalue weighted by Gasteiger charge is 2.13. The Hall–Kier alpha value is -1.29. The maximum absolute atomic E-state index is 5.78. The highest BCUT2D eigenvalue weighted by Crippen LogP contribution is 2.27. The number of nitrogens with zero attached hydrogens (tertiary/aromatic N) is 2. The average molecular weight is 207 g/mol. The highest BCUT2D eigenvalue weighted by atomic mass is 32.1. The van der Waals surface area contributed by atoms with Crippen LogP contribution in [0.4, 0.5) is 5.95 Å². The first-order chi connectivity index (χ1) is 6.83. The Morgan fingerprint density at radius 1 is 1.64 bits per heavy atom. The SMILES string of the molecule is CCC(c1cccs1)n1ccnc1N. The van der Waals surface area contributed by atoms with Gasteiger partial charge in [0, 0.05) is 17.3 Å². The van der Waals surface area contributed by atoms with Gasteiger partial charge in [-0.2, -0.15) is 0 Å². The zero-order valence-electron chi connectivity index (χ0n) is 8.05. The van der Waals surface area contributed by atoms with Gasteiger partial charge in [0.25, 0.3) is 0 Å². The van der Waals surface area contributed by atoms with Gasteiger partial charge in [0.2, 0.25) is 5.95 Å². The molecule has 0 spiro atoms. The average Bonchev–Trinajstić information content (AvgIpc) is 2.80. The number of nitrogen functional groups attached to an aromatic ring is 1. The predicted octanol–water partition coefficient (Wildman–Crippen LogP) is 2.53. The molecule has 2 aromatic heterocycles. The fraction of sp³-hybridized carbons (Fsp3) is 0.300. The van der Waals surface area contributed by atoms with Crippen LogP contribution in [0.5, 0.6) is 0 Å². The Morgan fingerprint density at radius 2 is 2.50 bits per heavy atom. The summed E-state index contributed by atoms with van der Waals surface area (Å²) >= 11 is 1.76. The second kappa shape index (κ2) is 3.84. The van der Waals surface area contributed by atoms with Crippen LogP contribution in [0, 0.1) is 0 Å². The third-order valence-electron chi connectivity index (χ3n) is 2.29. The van der Waals surface area contributed by atoms with Gasteiger partial charge in [-0.15, -0.1) is 11.3 Å². The minimum Gasteiger partial charge on any atom is -0.369 e. The molecular formula is C10H13N3S. The topological polar surface area (TPSA) is 43.8 Å². The van der Waals surface area contributed by atoms with Gasteiger partial charge in [0.15, 0.2) is 0 Å². The smallest absolute Gasteiger partial charge is 0.200 e. The summed E-state index contributed by atoms with van der Waals surface area (Å²) in [6.07, 6.45) is 4.70. The van der Waals surface area contributed by atoms with Crippen LogP contribution in [0.15, 0.2) is 29.9 Å². The number of hydrogen-bond acceptors (Lipinski definition) is 3. The molecule has 0 aliphatic heterocycles. The van der Waals surface area contributed by atoms with Crippen LogP contribution in [0.3, 0.4) is 0 Å². The predicted molar refractivity (Wildman–Crippen MR) is 59.4 cm³/mol. The van der Waals surface area contributed by atoms with E-state index in [0.717, 1.165) is 6.42 Å². The number of nitrogens with two attached hydrogens (primary N) is 1. The second-order valence-corrected chi connectivity index (χ2v) is 4.11. The lowest BCUT2D eigenvalue weighted by molar-refractivity contribution is 0.583. The molecule has 0 aliphatic rings. The summed E-state index contributed by atoms with van der Waals surface area (Å²) in [6.45, 7) is 2.16. The van der Waals surface area contributed by atoms with Gasteiger partial charge in [-0.25, -0.2) is 4.98 Å². The minimum absolute atomic E-state index is 0.331. The third kappa shape index (κ3) is 1.53. The Balaban J connectivity index is 2.36. The molecule has 0 fully saturated rings. The molecule has 2 rings (SSSR count). The molecule has 0 amide bonds. The summed E-state index contributed by atoms with van der Waals surface area (Å²) in [6, 6.07) is 4.53. The first kappa shape index (κ1) is 9.27. The Bertz CT molecular complexity index is 391. The van der Waals surface area contributed by atoms with E-state index in [2.05, 4.69) is 29.4 Å². The van der Waals surface area contributed by atoms with E-state index in [0.29, 0.717) is 12.0 Å². The van der Waals surface area contributed by atoms with E-state index in [1.807, 2.05) is 10.8 Å². The number of rotatable bonds is 3. The summed E-state index contributed by atoms with van der Waals surface area (Å²) in [5.41, 5.74) is 5.78. The fourth-order valence-electron chi connectivity index (χ4n) is 1.60. The Morgan fingerprint density at radius 3 is 3.00 bits per heavy atom. The lowest BCUT2D eigenvalue weighted by Crippen LogP contribution is -2.10. The maximum Gasteiger partial charge on any atom is 0.200 e. The quantitative estimate of drug-likeness (QED) is 0.840. The molecule has 0 aliphatic carbocycles. The van der Waals surface area contributed by atoms with Crippen LogP contribution in [0.2, 0.25) is 0 Å². The standard InChI is InChI=1S/C10H13N3S/c1-2-8(9-4-3-7-14-9)13-6-5-12-10(13)11/h3-8H,2H2,1H3,(H2,11,12). The van der Waals surface area contributed by atoms with Gasteiger partial charge in [0.05, 0.1) is 6.04 Å². The van der Waals surface area contributed by atoms with Crippen molar-refractivity contribution >= 4 is 17.3 Å². The summed E-state index contributed by atoms with van der Waals surface area (Å²) in [5.74, 6) is 0.588. The van der Waals surface area contributed by atoms with E-state index >= 15 is 0 Å². The molecular weight excluding hydrogens is 194 g/mol. The zero-order chi connectivity index (χ0) is 9.97. The van der Waals surface area contributed by atoms with Crippen molar-refractivity contribution in [2.75, 3.05) is 5.73 Å². The lowest BCUT2D eigenvalue weighted by atomic mass is 10.2. The van der Waals surface area contributed by atoms with Crippen LogP contribution in [0.25, 0.3) is 0 Å². The largest absolute Gasteiger partial charge is 0.369 e. The first-order valence-electron chi connectivity index (χ1n) is 4.64. The van der Waals surface area contributed by atoms with Crippen molar-refractivity contribution in [3.8, 4) is 0 Å². The monoisotopic (exact) mass is 207 g/mol. The van der Waals surface area contributed by atoms with Gasteiger partial charge >= 0.3 is 0 Å². The van der Waals surface area contributed by atoms with E-state index in [-0.39, 0.29) is 0 Å². The van der Waals surface area contributed by atoms with Gasteiger partial charge < -0.3 is 10.3 Å². The van der Waals surface area contributed by atoms with Crippen LogP contribution in [0.1, 0.15) is 24.3 Å². The van der Waals surface area contributed by atoms with Gasteiger partial charge in [0.1, 0.15) is 0 Å². The zero-order valence-corrected chi connectivity index (χ0v) is 8.87. The van der Waals surface area contributed by atoms with Crippen molar-refractivity contribution in [1.82, 2.24) is 9.55 Å². The van der Waals surface area contributed by atoms with Gasteiger partial charge in [-0.05, 0) is 17.9 Å². The molecule has 74 valence electrons. The molecule has 2 heterocycles. The van der Waals surface area contributed by atoms with E-state index in [1.54, 1.807) is 17.5 Å². The summed E-state index contributed by atoms with van der Waals surface area (Å²) in [4.78, 5) is 5.37. The number of anilines is 1. The molecule has 2 aromatic rings. The number of thiophene rings is 1. The Labute approximate surface area is 87.2 Å². The van der Waals surface area contributed by atoms with Crippen molar-refractivity contribution in [2.24, 2.45) is 0 Å². The van der Waals surface area contributed by atoms with Crippen LogP contribution >= 0.6 is 11.3 Å². The van der Waals surface area contributed by atoms with Crippen LogP contribution in [-0.2, 0) is 0 Å². The molecule has 0 bridgehead atoms. The molecule has 0 radical (unpaired) electrons. The van der Waals surface area contributed by atoms with E-state index < -0.39 is 0 Å². The van der Waals surface area contributed by atoms with Crippen molar-refractivity contribution in [3.05, 3.63) is 34.8 Å². The summed E-state index contributed by atoms with van der Waals surface area (Å²) in [5, 5.41) is 2.09. The Kier molecular flexibility index (Phi) is 2.54. The molecule has 0 saturated heterocycles. The summed E-state index contributed by atoms with van der Waals surface area (Å²) < 4.78 is 2.02. The van der Waals surface area contributed by atoms with Crippen LogP contribution in [-0.4, -0.2) is 9.55 Å². The van der Waals surface area contributed by atoms with Crippen molar-refractivity contribution in [1.29, 1.82) is 0 Å². The normalized spacial score (nSPS) is 12.9. The maximum atomic E-state index is 5.78. The summed E-state index contributed by atoms with van der Waals surface area (Å²) in [7, 11) is 0. The van der Waals surface area contributed by atoms with E-state index in [4.69, 9.17) is 5.73 Å².